The maximum atomic E-state index is 11.7. The third kappa shape index (κ3) is 4.54. The Balaban J connectivity index is 2.55. The Labute approximate surface area is 104 Å². The summed E-state index contributed by atoms with van der Waals surface area (Å²) in [4.78, 5) is 23.6. The van der Waals surface area contributed by atoms with Gasteiger partial charge in [-0.15, -0.1) is 0 Å². The molecule has 17 heavy (non-hydrogen) atoms. The van der Waals surface area contributed by atoms with Crippen molar-refractivity contribution in [1.82, 2.24) is 4.90 Å². The van der Waals surface area contributed by atoms with Crippen LogP contribution in [0.15, 0.2) is 24.3 Å². The number of thioether (sulfide) groups is 1. The number of rotatable bonds is 5. The predicted octanol–water partition coefficient (Wildman–Crippen LogP) is 2.03. The maximum Gasteiger partial charge on any atom is 0.269 e. The third-order valence-electron chi connectivity index (χ3n) is 2.09. The van der Waals surface area contributed by atoms with Crippen molar-refractivity contribution in [2.24, 2.45) is 0 Å². The highest BCUT2D eigenvalue weighted by atomic mass is 32.2. The first-order valence-corrected chi connectivity index (χ1v) is 6.05. The highest BCUT2D eigenvalue weighted by Crippen LogP contribution is 2.16. The number of hydrogen-bond donors (Lipinski definition) is 0. The van der Waals surface area contributed by atoms with E-state index in [9.17, 15) is 14.9 Å². The van der Waals surface area contributed by atoms with Gasteiger partial charge in [-0.1, -0.05) is 11.8 Å². The van der Waals surface area contributed by atoms with E-state index in [4.69, 9.17) is 0 Å². The number of benzene rings is 1. The fourth-order valence-electron chi connectivity index (χ4n) is 1.12. The van der Waals surface area contributed by atoms with Gasteiger partial charge in [-0.25, -0.2) is 0 Å². The Kier molecular flexibility index (Phi) is 5.11. The van der Waals surface area contributed by atoms with E-state index < -0.39 is 4.92 Å². The van der Waals surface area contributed by atoms with E-state index >= 15 is 0 Å². The molecular weight excluding hydrogens is 240 g/mol. The molecule has 5 nitrogen and oxygen atoms in total. The molecule has 0 amide bonds. The normalized spacial score (nSPS) is 10.5. The fraction of sp³-hybridized carbons (Fsp3) is 0.364. The molecule has 0 aliphatic carbocycles. The van der Waals surface area contributed by atoms with Crippen LogP contribution in [0.25, 0.3) is 0 Å². The summed E-state index contributed by atoms with van der Waals surface area (Å²) in [5.74, 6) is 0.711. The van der Waals surface area contributed by atoms with Crippen LogP contribution in [0.3, 0.4) is 0 Å². The Morgan fingerprint density at radius 1 is 1.35 bits per heavy atom. The highest BCUT2D eigenvalue weighted by molar-refractivity contribution is 8.14. The van der Waals surface area contributed by atoms with E-state index in [1.165, 1.54) is 36.0 Å². The standard InChI is InChI=1S/C11H14N2O3S/c1-12(2)7-8-17-11(14)9-3-5-10(6-4-9)13(15)16/h3-6H,7-8H2,1-2H3. The molecular formula is C11H14N2O3S. The summed E-state index contributed by atoms with van der Waals surface area (Å²) >= 11 is 1.22. The molecule has 1 rings (SSSR count). The monoisotopic (exact) mass is 254 g/mol. The minimum absolute atomic E-state index is 0.000147. The number of nitro benzene ring substituents is 1. The Morgan fingerprint density at radius 2 is 1.94 bits per heavy atom. The zero-order valence-corrected chi connectivity index (χ0v) is 10.6. The number of carbonyl (C=O) groups excluding carboxylic acids is 1. The second-order valence-corrected chi connectivity index (χ2v) is 4.81. The van der Waals surface area contributed by atoms with Crippen LogP contribution in [0.5, 0.6) is 0 Å². The van der Waals surface area contributed by atoms with Crippen LogP contribution in [0, 0.1) is 10.1 Å². The van der Waals surface area contributed by atoms with E-state index in [1.54, 1.807) is 0 Å². The average molecular weight is 254 g/mol. The van der Waals surface area contributed by atoms with Gasteiger partial charge in [-0.3, -0.25) is 14.9 Å². The molecule has 0 bridgehead atoms. The van der Waals surface area contributed by atoms with Crippen LogP contribution in [-0.4, -0.2) is 41.3 Å². The lowest BCUT2D eigenvalue weighted by molar-refractivity contribution is -0.384. The van der Waals surface area contributed by atoms with Crippen LogP contribution < -0.4 is 0 Å². The Bertz CT molecular complexity index is 404. The van der Waals surface area contributed by atoms with Gasteiger partial charge in [0.05, 0.1) is 4.92 Å². The summed E-state index contributed by atoms with van der Waals surface area (Å²) in [6, 6.07) is 5.67. The molecule has 0 spiro atoms. The van der Waals surface area contributed by atoms with Crippen molar-refractivity contribution >= 4 is 22.6 Å². The number of carbonyl (C=O) groups is 1. The van der Waals surface area contributed by atoms with Gasteiger partial charge in [0.2, 0.25) is 5.12 Å². The zero-order chi connectivity index (χ0) is 12.8. The fourth-order valence-corrected chi connectivity index (χ4v) is 2.07. The molecule has 1 aromatic rings. The average Bonchev–Trinajstić information content (AvgIpc) is 2.28. The van der Waals surface area contributed by atoms with E-state index in [0.717, 1.165) is 6.54 Å². The van der Waals surface area contributed by atoms with Crippen LogP contribution in [-0.2, 0) is 0 Å². The van der Waals surface area contributed by atoms with Gasteiger partial charge in [-0.05, 0) is 26.2 Å². The van der Waals surface area contributed by atoms with Gasteiger partial charge >= 0.3 is 0 Å². The number of nitro groups is 1. The SMILES string of the molecule is CN(C)CCSC(=O)c1ccc([N+](=O)[O-])cc1. The molecule has 0 aliphatic rings. The van der Waals surface area contributed by atoms with E-state index in [-0.39, 0.29) is 10.8 Å². The lowest BCUT2D eigenvalue weighted by atomic mass is 10.2. The molecule has 0 heterocycles. The van der Waals surface area contributed by atoms with Crippen molar-refractivity contribution in [3.8, 4) is 0 Å². The molecule has 0 aliphatic heterocycles. The summed E-state index contributed by atoms with van der Waals surface area (Å²) in [5, 5.41) is 10.4. The van der Waals surface area contributed by atoms with Gasteiger partial charge in [0.25, 0.3) is 5.69 Å². The largest absolute Gasteiger partial charge is 0.309 e. The molecule has 0 radical (unpaired) electrons. The minimum Gasteiger partial charge on any atom is -0.309 e. The first-order valence-electron chi connectivity index (χ1n) is 5.07. The van der Waals surface area contributed by atoms with Crippen molar-refractivity contribution in [1.29, 1.82) is 0 Å². The van der Waals surface area contributed by atoms with Gasteiger partial charge < -0.3 is 4.90 Å². The molecule has 0 fully saturated rings. The smallest absolute Gasteiger partial charge is 0.269 e. The van der Waals surface area contributed by atoms with Crippen LogP contribution in [0.4, 0.5) is 5.69 Å². The summed E-state index contributed by atoms with van der Waals surface area (Å²) in [6.45, 7) is 0.823. The van der Waals surface area contributed by atoms with Gasteiger partial charge in [0.1, 0.15) is 0 Å². The summed E-state index contributed by atoms with van der Waals surface area (Å²) in [5.41, 5.74) is 0.499. The van der Waals surface area contributed by atoms with E-state index in [0.29, 0.717) is 11.3 Å². The third-order valence-corrected chi connectivity index (χ3v) is 2.97. The van der Waals surface area contributed by atoms with Gasteiger partial charge in [0.15, 0.2) is 0 Å². The number of non-ortho nitro benzene ring substituents is 1. The van der Waals surface area contributed by atoms with Crippen molar-refractivity contribution in [3.05, 3.63) is 39.9 Å². The first kappa shape index (κ1) is 13.7. The maximum absolute atomic E-state index is 11.7. The minimum atomic E-state index is -0.479. The highest BCUT2D eigenvalue weighted by Gasteiger charge is 2.09. The van der Waals surface area contributed by atoms with Crippen molar-refractivity contribution in [3.63, 3.8) is 0 Å². The second-order valence-electron chi connectivity index (χ2n) is 3.74. The summed E-state index contributed by atoms with van der Waals surface area (Å²) in [7, 11) is 3.88. The molecule has 0 saturated heterocycles. The predicted molar refractivity (Wildman–Crippen MR) is 68.4 cm³/mol. The van der Waals surface area contributed by atoms with E-state index in [2.05, 4.69) is 0 Å². The first-order chi connectivity index (χ1) is 8.00. The number of nitrogens with zero attached hydrogens (tertiary/aromatic N) is 2. The lowest BCUT2D eigenvalue weighted by Gasteiger charge is -2.07. The Morgan fingerprint density at radius 3 is 2.41 bits per heavy atom. The topological polar surface area (TPSA) is 63.5 Å². The van der Waals surface area contributed by atoms with Crippen molar-refractivity contribution < 1.29 is 9.72 Å². The van der Waals surface area contributed by atoms with Crippen molar-refractivity contribution in [2.75, 3.05) is 26.4 Å². The van der Waals surface area contributed by atoms with Crippen LogP contribution in [0.1, 0.15) is 10.4 Å². The zero-order valence-electron chi connectivity index (χ0n) is 9.75. The molecule has 0 atom stereocenters. The summed E-state index contributed by atoms with van der Waals surface area (Å²) < 4.78 is 0. The molecule has 0 aromatic heterocycles. The molecule has 0 saturated carbocycles. The van der Waals surface area contributed by atoms with Crippen molar-refractivity contribution in [2.45, 2.75) is 0 Å². The molecule has 0 unspecified atom stereocenters. The molecule has 92 valence electrons. The van der Waals surface area contributed by atoms with Gasteiger partial charge in [-0.2, -0.15) is 0 Å². The van der Waals surface area contributed by atoms with Crippen LogP contribution >= 0.6 is 11.8 Å². The molecule has 0 N–H and O–H groups in total. The number of hydrogen-bond acceptors (Lipinski definition) is 5. The lowest BCUT2D eigenvalue weighted by Crippen LogP contribution is -2.15. The Hall–Kier alpha value is -1.40. The molecule has 6 heteroatoms. The van der Waals surface area contributed by atoms with Gasteiger partial charge in [0, 0.05) is 30.0 Å². The quantitative estimate of drug-likeness (QED) is 0.594. The molecule has 1 aromatic carbocycles. The van der Waals surface area contributed by atoms with E-state index in [1.807, 2.05) is 19.0 Å². The van der Waals surface area contributed by atoms with Crippen LogP contribution in [0.2, 0.25) is 0 Å². The second kappa shape index (κ2) is 6.36. The summed E-state index contributed by atoms with van der Waals surface area (Å²) in [6.07, 6.45) is 0.